The van der Waals surface area contributed by atoms with Gasteiger partial charge in [-0.15, -0.1) is 5.10 Å². The molecule has 2 aromatic carbocycles. The number of nitrogens with zero attached hydrogens (tertiary/aromatic N) is 5. The second kappa shape index (κ2) is 7.97. The van der Waals surface area contributed by atoms with Crippen LogP contribution in [0.25, 0.3) is 5.69 Å². The van der Waals surface area contributed by atoms with E-state index in [0.717, 1.165) is 23.4 Å². The van der Waals surface area contributed by atoms with E-state index >= 15 is 0 Å². The van der Waals surface area contributed by atoms with Gasteiger partial charge in [-0.3, -0.25) is 9.59 Å². The largest absolute Gasteiger partial charge is 0.348 e. The zero-order valence-electron chi connectivity index (χ0n) is 16.0. The molecule has 2 amide bonds. The van der Waals surface area contributed by atoms with Crippen molar-refractivity contribution < 1.29 is 18.4 Å². The van der Waals surface area contributed by atoms with Crippen LogP contribution in [-0.4, -0.2) is 38.6 Å². The first-order valence-electron chi connectivity index (χ1n) is 9.30. The van der Waals surface area contributed by atoms with Crippen molar-refractivity contribution in [2.45, 2.75) is 19.9 Å². The molecular weight excluding hydrogens is 394 g/mol. The Morgan fingerprint density at radius 2 is 1.87 bits per heavy atom. The molecule has 1 saturated heterocycles. The summed E-state index contributed by atoms with van der Waals surface area (Å²) in [5, 5.41) is 13.8. The Morgan fingerprint density at radius 1 is 1.13 bits per heavy atom. The number of aryl methyl sites for hydroxylation is 1. The minimum Gasteiger partial charge on any atom is -0.348 e. The summed E-state index contributed by atoms with van der Waals surface area (Å²) < 4.78 is 27.9. The van der Waals surface area contributed by atoms with Gasteiger partial charge in [-0.25, -0.2) is 8.78 Å². The maximum absolute atomic E-state index is 13.5. The lowest BCUT2D eigenvalue weighted by Gasteiger charge is -2.17. The van der Waals surface area contributed by atoms with Gasteiger partial charge in [0.15, 0.2) is 17.5 Å². The number of amides is 2. The number of rotatable bonds is 5. The Morgan fingerprint density at radius 3 is 2.60 bits per heavy atom. The molecule has 1 aromatic heterocycles. The predicted molar refractivity (Wildman–Crippen MR) is 103 cm³/mol. The molecule has 1 atom stereocenters. The van der Waals surface area contributed by atoms with Crippen LogP contribution in [-0.2, 0) is 16.1 Å². The highest BCUT2D eigenvalue weighted by molar-refractivity contribution is 6.00. The van der Waals surface area contributed by atoms with Crippen LogP contribution in [0.2, 0.25) is 0 Å². The van der Waals surface area contributed by atoms with E-state index in [2.05, 4.69) is 20.8 Å². The molecule has 30 heavy (non-hydrogen) atoms. The molecule has 1 N–H and O–H groups in total. The van der Waals surface area contributed by atoms with Crippen LogP contribution in [0, 0.1) is 24.5 Å². The number of anilines is 1. The summed E-state index contributed by atoms with van der Waals surface area (Å²) in [4.78, 5) is 26.5. The fourth-order valence-electron chi connectivity index (χ4n) is 3.30. The standard InChI is InChI=1S/C20H18F2N6O2/c1-12-2-4-14(5-3-12)27-11-13(8-19(27)29)20(30)23-10-18-24-25-26-28(18)15-6-7-16(21)17(22)9-15/h2-7,9,13H,8,10-11H2,1H3,(H,23,30)/t13-/m1/s1. The topological polar surface area (TPSA) is 93.0 Å². The minimum atomic E-state index is -1.03. The van der Waals surface area contributed by atoms with Crippen LogP contribution >= 0.6 is 0 Å². The number of carbonyl (C=O) groups excluding carboxylic acids is 2. The van der Waals surface area contributed by atoms with E-state index in [-0.39, 0.29) is 42.8 Å². The van der Waals surface area contributed by atoms with Crippen molar-refractivity contribution in [3.05, 3.63) is 65.5 Å². The highest BCUT2D eigenvalue weighted by Crippen LogP contribution is 2.25. The van der Waals surface area contributed by atoms with Crippen molar-refractivity contribution in [1.82, 2.24) is 25.5 Å². The molecule has 1 fully saturated rings. The molecule has 0 radical (unpaired) electrons. The number of benzene rings is 2. The van der Waals surface area contributed by atoms with E-state index in [0.29, 0.717) is 0 Å². The number of halogens is 2. The van der Waals surface area contributed by atoms with Gasteiger partial charge >= 0.3 is 0 Å². The lowest BCUT2D eigenvalue weighted by atomic mass is 10.1. The van der Waals surface area contributed by atoms with E-state index < -0.39 is 17.6 Å². The molecule has 0 bridgehead atoms. The maximum atomic E-state index is 13.5. The highest BCUT2D eigenvalue weighted by Gasteiger charge is 2.35. The van der Waals surface area contributed by atoms with Gasteiger partial charge in [0, 0.05) is 24.7 Å². The number of tetrazole rings is 1. The van der Waals surface area contributed by atoms with Gasteiger partial charge in [0.25, 0.3) is 0 Å². The first kappa shape index (κ1) is 19.6. The van der Waals surface area contributed by atoms with Crippen molar-refractivity contribution in [2.24, 2.45) is 5.92 Å². The number of carbonyl (C=O) groups is 2. The third-order valence-electron chi connectivity index (χ3n) is 4.94. The van der Waals surface area contributed by atoms with Gasteiger partial charge in [-0.1, -0.05) is 17.7 Å². The molecule has 0 aliphatic carbocycles. The number of hydrogen-bond donors (Lipinski definition) is 1. The summed E-state index contributed by atoms with van der Waals surface area (Å²) in [5.41, 5.74) is 2.06. The molecular formula is C20H18F2N6O2. The van der Waals surface area contributed by atoms with Gasteiger partial charge < -0.3 is 10.2 Å². The molecule has 0 saturated carbocycles. The third kappa shape index (κ3) is 3.88. The van der Waals surface area contributed by atoms with E-state index in [1.165, 1.54) is 10.7 Å². The quantitative estimate of drug-likeness (QED) is 0.691. The number of hydrogen-bond acceptors (Lipinski definition) is 5. The normalized spacial score (nSPS) is 16.2. The fraction of sp³-hybridized carbons (Fsp3) is 0.250. The van der Waals surface area contributed by atoms with Gasteiger partial charge in [-0.05, 0) is 41.6 Å². The first-order valence-corrected chi connectivity index (χ1v) is 9.30. The highest BCUT2D eigenvalue weighted by atomic mass is 19.2. The maximum Gasteiger partial charge on any atom is 0.227 e. The van der Waals surface area contributed by atoms with Crippen molar-refractivity contribution >= 4 is 17.5 Å². The molecule has 10 heteroatoms. The van der Waals surface area contributed by atoms with Crippen LogP contribution < -0.4 is 10.2 Å². The van der Waals surface area contributed by atoms with Crippen LogP contribution in [0.15, 0.2) is 42.5 Å². The van der Waals surface area contributed by atoms with Crippen LogP contribution in [0.4, 0.5) is 14.5 Å². The monoisotopic (exact) mass is 412 g/mol. The van der Waals surface area contributed by atoms with Gasteiger partial charge in [0.1, 0.15) is 0 Å². The van der Waals surface area contributed by atoms with E-state index in [1.807, 2.05) is 31.2 Å². The minimum absolute atomic E-state index is 0.0277. The lowest BCUT2D eigenvalue weighted by Crippen LogP contribution is -2.33. The van der Waals surface area contributed by atoms with Gasteiger partial charge in [0.2, 0.25) is 11.8 Å². The number of nitrogens with one attached hydrogen (secondary N) is 1. The Balaban J connectivity index is 1.41. The van der Waals surface area contributed by atoms with Gasteiger partial charge in [0.05, 0.1) is 18.2 Å². The first-order chi connectivity index (χ1) is 14.4. The van der Waals surface area contributed by atoms with Gasteiger partial charge in [-0.2, -0.15) is 4.68 Å². The molecule has 1 aliphatic heterocycles. The molecule has 8 nitrogen and oxygen atoms in total. The van der Waals surface area contributed by atoms with Crippen molar-refractivity contribution in [3.63, 3.8) is 0 Å². The molecule has 154 valence electrons. The molecule has 4 rings (SSSR count). The van der Waals surface area contributed by atoms with Crippen LogP contribution in [0.3, 0.4) is 0 Å². The summed E-state index contributed by atoms with van der Waals surface area (Å²) in [6.45, 7) is 2.21. The van der Waals surface area contributed by atoms with E-state index in [1.54, 1.807) is 4.90 Å². The average molecular weight is 412 g/mol. The van der Waals surface area contributed by atoms with Crippen LogP contribution in [0.1, 0.15) is 17.8 Å². The number of aromatic nitrogens is 4. The lowest BCUT2D eigenvalue weighted by molar-refractivity contribution is -0.126. The second-order valence-electron chi connectivity index (χ2n) is 7.06. The summed E-state index contributed by atoms with van der Waals surface area (Å²) in [7, 11) is 0. The summed E-state index contributed by atoms with van der Waals surface area (Å²) in [6.07, 6.45) is 0.105. The summed E-state index contributed by atoms with van der Waals surface area (Å²) in [5.74, 6) is -2.70. The fourth-order valence-corrected chi connectivity index (χ4v) is 3.30. The van der Waals surface area contributed by atoms with E-state index in [4.69, 9.17) is 0 Å². The predicted octanol–water partition coefficient (Wildman–Crippen LogP) is 1.92. The zero-order valence-corrected chi connectivity index (χ0v) is 16.0. The Hall–Kier alpha value is -3.69. The third-order valence-corrected chi connectivity index (χ3v) is 4.94. The van der Waals surface area contributed by atoms with Crippen molar-refractivity contribution in [3.8, 4) is 5.69 Å². The molecule has 0 spiro atoms. The Kier molecular flexibility index (Phi) is 5.21. The SMILES string of the molecule is Cc1ccc(N2C[C@H](C(=O)NCc3nnnn3-c3ccc(F)c(F)c3)CC2=O)cc1. The Bertz CT molecular complexity index is 1100. The molecule has 1 aliphatic rings. The van der Waals surface area contributed by atoms with Crippen molar-refractivity contribution in [1.29, 1.82) is 0 Å². The summed E-state index contributed by atoms with van der Waals surface area (Å²) >= 11 is 0. The Labute approximate surface area is 170 Å². The smallest absolute Gasteiger partial charge is 0.227 e. The van der Waals surface area contributed by atoms with Crippen LogP contribution in [0.5, 0.6) is 0 Å². The van der Waals surface area contributed by atoms with E-state index in [9.17, 15) is 18.4 Å². The average Bonchev–Trinajstić information content (AvgIpc) is 3.35. The molecule has 2 heterocycles. The molecule has 0 unspecified atom stereocenters. The molecule has 3 aromatic rings. The summed E-state index contributed by atoms with van der Waals surface area (Å²) in [6, 6.07) is 10.8. The zero-order chi connectivity index (χ0) is 21.3. The second-order valence-corrected chi connectivity index (χ2v) is 7.06. The van der Waals surface area contributed by atoms with Crippen molar-refractivity contribution in [2.75, 3.05) is 11.4 Å².